The minimum Gasteiger partial charge on any atom is -0.507 e. The van der Waals surface area contributed by atoms with Gasteiger partial charge in [-0.05, 0) is 54.4 Å². The average Bonchev–Trinajstić information content (AvgIpc) is 3.12. The fourth-order valence-electron chi connectivity index (χ4n) is 4.26. The second-order valence-electron chi connectivity index (χ2n) is 11.3. The number of imidazole rings is 1. The number of carbonyl (C=O) groups excluding carboxylic acids is 2. The minimum absolute atomic E-state index is 0.0134. The molecule has 0 radical (unpaired) electrons. The zero-order chi connectivity index (χ0) is 27.4. The second kappa shape index (κ2) is 11.3. The molecule has 0 fully saturated rings. The number of hydrogen-bond donors (Lipinski definition) is 2. The van der Waals surface area contributed by atoms with E-state index in [9.17, 15) is 14.7 Å². The predicted octanol–water partition coefficient (Wildman–Crippen LogP) is 5.64. The number of phenolic OH excluding ortho intramolecular Hbond substituents is 1. The molecule has 2 N–H and O–H groups in total. The fraction of sp³-hybridized carbons (Fsp3) is 0.552. The zero-order valence-corrected chi connectivity index (χ0v) is 23.4. The van der Waals surface area contributed by atoms with Gasteiger partial charge in [-0.3, -0.25) is 14.8 Å². The van der Waals surface area contributed by atoms with Crippen LogP contribution in [-0.4, -0.2) is 32.6 Å². The van der Waals surface area contributed by atoms with Gasteiger partial charge in [0.15, 0.2) is 5.78 Å². The smallest absolute Gasteiger partial charge is 0.355 e. The molecular formula is C29H43N3O4. The molecule has 0 spiro atoms. The Balaban J connectivity index is 2.70. The van der Waals surface area contributed by atoms with E-state index in [-0.39, 0.29) is 52.7 Å². The van der Waals surface area contributed by atoms with Crippen molar-refractivity contribution in [3.63, 3.8) is 0 Å². The number of esters is 1. The normalized spacial score (nSPS) is 12.8. The van der Waals surface area contributed by atoms with Crippen LogP contribution in [0.2, 0.25) is 0 Å². The highest BCUT2D eigenvalue weighted by atomic mass is 16.5. The van der Waals surface area contributed by atoms with Crippen molar-refractivity contribution < 1.29 is 19.4 Å². The van der Waals surface area contributed by atoms with Crippen molar-refractivity contribution in [3.8, 4) is 5.75 Å². The number of carbonyl (C=O) groups is 2. The SMILES string of the molecule is CCOC(=O)C(=Cc1cc(C(C)(C)C)c(O)c(C(C)(C)C)c1)n1ccn(CC(=O)C(CC)CC)c1=N. The van der Waals surface area contributed by atoms with Crippen molar-refractivity contribution in [1.29, 1.82) is 5.41 Å². The Labute approximate surface area is 215 Å². The Hall–Kier alpha value is -3.09. The van der Waals surface area contributed by atoms with Gasteiger partial charge in [-0.25, -0.2) is 4.79 Å². The number of nitrogens with zero attached hydrogens (tertiary/aromatic N) is 2. The number of rotatable bonds is 9. The van der Waals surface area contributed by atoms with E-state index < -0.39 is 5.97 Å². The number of ketones is 1. The Morgan fingerprint density at radius 1 is 1.00 bits per heavy atom. The maximum Gasteiger partial charge on any atom is 0.355 e. The molecule has 0 aliphatic heterocycles. The molecule has 0 saturated heterocycles. The quantitative estimate of drug-likeness (QED) is 0.346. The van der Waals surface area contributed by atoms with Crippen LogP contribution in [0.1, 0.15) is 91.8 Å². The summed E-state index contributed by atoms with van der Waals surface area (Å²) < 4.78 is 8.32. The Kier molecular flexibility index (Phi) is 9.16. The molecule has 1 aromatic heterocycles. The van der Waals surface area contributed by atoms with Crippen LogP contribution in [0, 0.1) is 11.3 Å². The summed E-state index contributed by atoms with van der Waals surface area (Å²) >= 11 is 0. The first-order chi connectivity index (χ1) is 16.6. The van der Waals surface area contributed by atoms with E-state index in [2.05, 4.69) is 0 Å². The van der Waals surface area contributed by atoms with Crippen LogP contribution in [0.3, 0.4) is 0 Å². The van der Waals surface area contributed by atoms with Crippen molar-refractivity contribution in [2.45, 2.75) is 92.5 Å². The van der Waals surface area contributed by atoms with Crippen LogP contribution in [0.25, 0.3) is 11.8 Å². The van der Waals surface area contributed by atoms with Crippen LogP contribution in [0.15, 0.2) is 24.5 Å². The summed E-state index contributed by atoms with van der Waals surface area (Å²) in [6.07, 6.45) is 6.46. The maximum atomic E-state index is 13.0. The Bertz CT molecular complexity index is 1150. The van der Waals surface area contributed by atoms with Crippen LogP contribution < -0.4 is 5.62 Å². The molecule has 7 nitrogen and oxygen atoms in total. The van der Waals surface area contributed by atoms with Gasteiger partial charge in [-0.2, -0.15) is 0 Å². The first-order valence-electron chi connectivity index (χ1n) is 12.8. The summed E-state index contributed by atoms with van der Waals surface area (Å²) in [5.74, 6) is -0.294. The zero-order valence-electron chi connectivity index (χ0n) is 23.4. The summed E-state index contributed by atoms with van der Waals surface area (Å²) in [6.45, 7) is 18.2. The molecule has 7 heteroatoms. The molecule has 0 aliphatic rings. The number of aromatic hydroxyl groups is 1. The minimum atomic E-state index is -0.567. The molecule has 0 bridgehead atoms. The molecule has 198 valence electrons. The van der Waals surface area contributed by atoms with E-state index in [1.807, 2.05) is 67.5 Å². The van der Waals surface area contributed by atoms with Crippen molar-refractivity contribution in [2.75, 3.05) is 6.61 Å². The topological polar surface area (TPSA) is 97.3 Å². The Morgan fingerprint density at radius 2 is 1.53 bits per heavy atom. The van der Waals surface area contributed by atoms with E-state index in [0.717, 1.165) is 29.5 Å². The van der Waals surface area contributed by atoms with Crippen molar-refractivity contribution in [2.24, 2.45) is 5.92 Å². The average molecular weight is 498 g/mol. The third-order valence-corrected chi connectivity index (χ3v) is 6.46. The highest BCUT2D eigenvalue weighted by Crippen LogP contribution is 2.40. The van der Waals surface area contributed by atoms with Crippen LogP contribution >= 0.6 is 0 Å². The third kappa shape index (κ3) is 6.56. The van der Waals surface area contributed by atoms with Crippen LogP contribution in [-0.2, 0) is 31.7 Å². The molecule has 1 aromatic carbocycles. The first kappa shape index (κ1) is 29.1. The molecule has 0 atom stereocenters. The lowest BCUT2D eigenvalue weighted by Crippen LogP contribution is -2.30. The summed E-state index contributed by atoms with van der Waals surface area (Å²) in [5, 5.41) is 19.8. The number of aromatic nitrogens is 2. The lowest BCUT2D eigenvalue weighted by molar-refractivity contribution is -0.136. The van der Waals surface area contributed by atoms with E-state index in [1.54, 1.807) is 30.0 Å². The van der Waals surface area contributed by atoms with Gasteiger partial charge in [0.1, 0.15) is 11.4 Å². The molecule has 0 unspecified atom stereocenters. The largest absolute Gasteiger partial charge is 0.507 e. The van der Waals surface area contributed by atoms with E-state index in [1.165, 1.54) is 4.57 Å². The first-order valence-corrected chi connectivity index (χ1v) is 12.8. The van der Waals surface area contributed by atoms with Gasteiger partial charge in [0, 0.05) is 29.4 Å². The van der Waals surface area contributed by atoms with Crippen LogP contribution in [0.5, 0.6) is 5.75 Å². The lowest BCUT2D eigenvalue weighted by atomic mass is 9.78. The number of Topliss-reactive ketones (excluding diaryl/α,β-unsaturated/α-hetero) is 1. The van der Waals surface area contributed by atoms with Gasteiger partial charge < -0.3 is 14.4 Å². The molecule has 2 rings (SSSR count). The lowest BCUT2D eigenvalue weighted by Gasteiger charge is -2.28. The van der Waals surface area contributed by atoms with Gasteiger partial charge in [0.05, 0.1) is 13.2 Å². The summed E-state index contributed by atoms with van der Waals surface area (Å²) in [4.78, 5) is 25.7. The Morgan fingerprint density at radius 3 is 1.97 bits per heavy atom. The van der Waals surface area contributed by atoms with Gasteiger partial charge in [-0.1, -0.05) is 55.4 Å². The molecule has 0 saturated carbocycles. The van der Waals surface area contributed by atoms with Crippen molar-refractivity contribution in [1.82, 2.24) is 9.13 Å². The molecule has 2 aromatic rings. The monoisotopic (exact) mass is 497 g/mol. The number of benzene rings is 1. The van der Waals surface area contributed by atoms with E-state index >= 15 is 0 Å². The third-order valence-electron chi connectivity index (χ3n) is 6.46. The number of ether oxygens (including phenoxy) is 1. The van der Waals surface area contributed by atoms with Gasteiger partial charge in [-0.15, -0.1) is 0 Å². The van der Waals surface area contributed by atoms with Gasteiger partial charge in [0.25, 0.3) is 0 Å². The standard InChI is InChI=1S/C29H43N3O4/c1-10-20(11-2)24(33)18-31-13-14-32(27(31)30)23(26(35)36-12-3)17-19-15-21(28(4,5)6)25(34)22(16-19)29(7,8)9/h13-17,20,30,34H,10-12,18H2,1-9H3. The van der Waals surface area contributed by atoms with E-state index in [4.69, 9.17) is 10.1 Å². The maximum absolute atomic E-state index is 13.0. The number of hydrogen-bond acceptors (Lipinski definition) is 5. The van der Waals surface area contributed by atoms with Crippen molar-refractivity contribution in [3.05, 3.63) is 46.8 Å². The van der Waals surface area contributed by atoms with Gasteiger partial charge >= 0.3 is 5.97 Å². The molecule has 0 aliphatic carbocycles. The molecule has 36 heavy (non-hydrogen) atoms. The summed E-state index contributed by atoms with van der Waals surface area (Å²) in [7, 11) is 0. The second-order valence-corrected chi connectivity index (χ2v) is 11.3. The summed E-state index contributed by atoms with van der Waals surface area (Å²) in [6, 6.07) is 3.75. The fourth-order valence-corrected chi connectivity index (χ4v) is 4.26. The van der Waals surface area contributed by atoms with Crippen molar-refractivity contribution >= 4 is 23.5 Å². The number of phenols is 1. The summed E-state index contributed by atoms with van der Waals surface area (Å²) in [5.41, 5.74) is 1.79. The van der Waals surface area contributed by atoms with Crippen LogP contribution in [0.4, 0.5) is 0 Å². The van der Waals surface area contributed by atoms with Gasteiger partial charge in [0.2, 0.25) is 5.62 Å². The highest BCUT2D eigenvalue weighted by molar-refractivity contribution is 6.15. The number of nitrogens with one attached hydrogen (secondary N) is 1. The molecule has 1 heterocycles. The molecular weight excluding hydrogens is 454 g/mol. The predicted molar refractivity (Wildman–Crippen MR) is 144 cm³/mol. The highest BCUT2D eigenvalue weighted by Gasteiger charge is 2.27. The van der Waals surface area contributed by atoms with E-state index in [0.29, 0.717) is 0 Å². The molecule has 0 amide bonds.